The molecule has 0 unspecified atom stereocenters. The van der Waals surface area contributed by atoms with Crippen LogP contribution in [0.25, 0.3) is 0 Å². The predicted octanol–water partition coefficient (Wildman–Crippen LogP) is 4.09. The number of methoxy groups -OCH3 is 2. The molecule has 7 nitrogen and oxygen atoms in total. The molecule has 2 aromatic carbocycles. The summed E-state index contributed by atoms with van der Waals surface area (Å²) in [4.78, 5) is 8.43. The normalized spacial score (nSPS) is 10.3. The highest BCUT2D eigenvalue weighted by molar-refractivity contribution is 6.31. The smallest absolute Gasteiger partial charge is 0.159 e. The average molecular weight is 386 g/mol. The molecule has 3 aromatic rings. The van der Waals surface area contributed by atoms with E-state index in [9.17, 15) is 0 Å². The topological polar surface area (TPSA) is 94.3 Å². The second kappa shape index (κ2) is 8.46. The highest BCUT2D eigenvalue weighted by atomic mass is 35.5. The number of nitrogens with one attached hydrogen (secondary N) is 2. The minimum atomic E-state index is 0.396. The number of aromatic nitrogens is 2. The largest absolute Gasteiger partial charge is 0.497 e. The second-order valence-corrected chi connectivity index (χ2v) is 6.09. The van der Waals surface area contributed by atoms with Gasteiger partial charge in [0.2, 0.25) is 0 Å². The van der Waals surface area contributed by atoms with Crippen LogP contribution in [-0.2, 0) is 6.54 Å². The van der Waals surface area contributed by atoms with Gasteiger partial charge in [0.05, 0.1) is 19.9 Å². The monoisotopic (exact) mass is 385 g/mol. The Morgan fingerprint density at radius 3 is 2.44 bits per heavy atom. The molecule has 140 valence electrons. The number of nitrogen functional groups attached to an aromatic ring is 1. The van der Waals surface area contributed by atoms with Gasteiger partial charge in [-0.25, -0.2) is 9.97 Å². The highest BCUT2D eigenvalue weighted by Gasteiger charge is 2.11. The fourth-order valence-corrected chi connectivity index (χ4v) is 2.64. The molecule has 0 spiro atoms. The summed E-state index contributed by atoms with van der Waals surface area (Å²) in [7, 11) is 3.22. The first kappa shape index (κ1) is 18.6. The van der Waals surface area contributed by atoms with E-state index >= 15 is 0 Å². The standard InChI is InChI=1S/C19H20ClN5O2/c1-26-14-6-3-12(4-7-14)10-22-18-17(21)19(24-11-23-18)25-15-9-13(20)5-8-16(15)27-2/h3-9,11H,10,21H2,1-2H3,(H2,22,23,24,25). The van der Waals surface area contributed by atoms with Gasteiger partial charge < -0.3 is 25.8 Å². The Kier molecular flexibility index (Phi) is 5.83. The van der Waals surface area contributed by atoms with Crippen LogP contribution in [0.2, 0.25) is 5.02 Å². The average Bonchev–Trinajstić information content (AvgIpc) is 2.69. The van der Waals surface area contributed by atoms with Crippen LogP contribution in [0.1, 0.15) is 5.56 Å². The van der Waals surface area contributed by atoms with Gasteiger partial charge in [0, 0.05) is 11.6 Å². The van der Waals surface area contributed by atoms with Crippen molar-refractivity contribution in [2.24, 2.45) is 0 Å². The lowest BCUT2D eigenvalue weighted by molar-refractivity contribution is 0.414. The lowest BCUT2D eigenvalue weighted by Crippen LogP contribution is -2.08. The fourth-order valence-electron chi connectivity index (χ4n) is 2.47. The van der Waals surface area contributed by atoms with Crippen molar-refractivity contribution in [1.29, 1.82) is 0 Å². The highest BCUT2D eigenvalue weighted by Crippen LogP contribution is 2.33. The van der Waals surface area contributed by atoms with Gasteiger partial charge in [-0.15, -0.1) is 0 Å². The number of hydrogen-bond acceptors (Lipinski definition) is 7. The van der Waals surface area contributed by atoms with Crippen molar-refractivity contribution in [2.45, 2.75) is 6.54 Å². The summed E-state index contributed by atoms with van der Waals surface area (Å²) in [5.41, 5.74) is 8.36. The molecular weight excluding hydrogens is 366 g/mol. The molecule has 3 rings (SSSR count). The van der Waals surface area contributed by atoms with E-state index in [0.717, 1.165) is 11.3 Å². The third kappa shape index (κ3) is 4.51. The summed E-state index contributed by atoms with van der Waals surface area (Å²) < 4.78 is 10.5. The van der Waals surface area contributed by atoms with Crippen molar-refractivity contribution >= 4 is 34.6 Å². The van der Waals surface area contributed by atoms with E-state index in [-0.39, 0.29) is 0 Å². The first-order valence-electron chi connectivity index (χ1n) is 8.18. The molecule has 0 fully saturated rings. The van der Waals surface area contributed by atoms with Crippen molar-refractivity contribution in [3.05, 3.63) is 59.4 Å². The van der Waals surface area contributed by atoms with Crippen LogP contribution in [0, 0.1) is 0 Å². The molecule has 0 radical (unpaired) electrons. The van der Waals surface area contributed by atoms with Crippen LogP contribution in [-0.4, -0.2) is 24.2 Å². The second-order valence-electron chi connectivity index (χ2n) is 5.66. The van der Waals surface area contributed by atoms with Crippen LogP contribution in [0.15, 0.2) is 48.8 Å². The van der Waals surface area contributed by atoms with E-state index in [2.05, 4.69) is 20.6 Å². The summed E-state index contributed by atoms with van der Waals surface area (Å²) >= 11 is 6.07. The lowest BCUT2D eigenvalue weighted by atomic mass is 10.2. The van der Waals surface area contributed by atoms with Crippen molar-refractivity contribution in [1.82, 2.24) is 9.97 Å². The number of benzene rings is 2. The Morgan fingerprint density at radius 1 is 1.00 bits per heavy atom. The van der Waals surface area contributed by atoms with Crippen LogP contribution in [0.3, 0.4) is 0 Å². The van der Waals surface area contributed by atoms with Crippen LogP contribution < -0.4 is 25.8 Å². The van der Waals surface area contributed by atoms with Crippen LogP contribution >= 0.6 is 11.6 Å². The first-order valence-corrected chi connectivity index (χ1v) is 8.56. The summed E-state index contributed by atoms with van der Waals surface area (Å²) in [6.45, 7) is 0.561. The molecule has 0 saturated carbocycles. The van der Waals surface area contributed by atoms with E-state index < -0.39 is 0 Å². The van der Waals surface area contributed by atoms with E-state index in [1.54, 1.807) is 32.4 Å². The Balaban J connectivity index is 1.76. The number of ether oxygens (including phenoxy) is 2. The molecule has 27 heavy (non-hydrogen) atoms. The van der Waals surface area contributed by atoms with Gasteiger partial charge in [-0.3, -0.25) is 0 Å². The third-order valence-corrected chi connectivity index (χ3v) is 4.15. The van der Waals surface area contributed by atoms with Gasteiger partial charge in [-0.05, 0) is 35.9 Å². The van der Waals surface area contributed by atoms with Gasteiger partial charge in [0.25, 0.3) is 0 Å². The zero-order chi connectivity index (χ0) is 19.2. The molecule has 4 N–H and O–H groups in total. The van der Waals surface area contributed by atoms with Gasteiger partial charge in [0.1, 0.15) is 23.5 Å². The maximum atomic E-state index is 6.23. The van der Waals surface area contributed by atoms with Crippen molar-refractivity contribution in [2.75, 3.05) is 30.6 Å². The predicted molar refractivity (Wildman–Crippen MR) is 108 cm³/mol. The number of anilines is 4. The van der Waals surface area contributed by atoms with Crippen LogP contribution in [0.5, 0.6) is 11.5 Å². The lowest BCUT2D eigenvalue weighted by Gasteiger charge is -2.14. The van der Waals surface area contributed by atoms with Gasteiger partial charge in [0.15, 0.2) is 11.6 Å². The number of halogens is 1. The number of nitrogens with zero attached hydrogens (tertiary/aromatic N) is 2. The molecule has 0 saturated heterocycles. The summed E-state index contributed by atoms with van der Waals surface area (Å²) in [6.07, 6.45) is 1.44. The van der Waals surface area contributed by atoms with Gasteiger partial charge >= 0.3 is 0 Å². The minimum absolute atomic E-state index is 0.396. The zero-order valence-electron chi connectivity index (χ0n) is 15.0. The molecule has 1 aromatic heterocycles. The quantitative estimate of drug-likeness (QED) is 0.564. The van der Waals surface area contributed by atoms with Gasteiger partial charge in [-0.2, -0.15) is 0 Å². The molecule has 8 heteroatoms. The van der Waals surface area contributed by atoms with Crippen molar-refractivity contribution in [3.63, 3.8) is 0 Å². The number of nitrogens with two attached hydrogens (primary N) is 1. The fraction of sp³-hybridized carbons (Fsp3) is 0.158. The molecule has 0 atom stereocenters. The molecule has 0 aliphatic heterocycles. The van der Waals surface area contributed by atoms with Crippen molar-refractivity contribution in [3.8, 4) is 11.5 Å². The Morgan fingerprint density at radius 2 is 1.74 bits per heavy atom. The number of rotatable bonds is 7. The minimum Gasteiger partial charge on any atom is -0.497 e. The first-order chi connectivity index (χ1) is 13.1. The van der Waals surface area contributed by atoms with Crippen molar-refractivity contribution < 1.29 is 9.47 Å². The Bertz CT molecular complexity index is 918. The Labute approximate surface area is 162 Å². The molecule has 0 amide bonds. The van der Waals surface area contributed by atoms with Crippen LogP contribution in [0.4, 0.5) is 23.0 Å². The van der Waals surface area contributed by atoms with E-state index in [1.807, 2.05) is 24.3 Å². The molecule has 0 aliphatic carbocycles. The SMILES string of the molecule is COc1ccc(CNc2ncnc(Nc3cc(Cl)ccc3OC)c2N)cc1. The summed E-state index contributed by atoms with van der Waals surface area (Å²) in [5, 5.41) is 6.94. The Hall–Kier alpha value is -3.19. The van der Waals surface area contributed by atoms with Gasteiger partial charge in [-0.1, -0.05) is 23.7 Å². The molecule has 0 bridgehead atoms. The molecule has 0 aliphatic rings. The summed E-state index contributed by atoms with van der Waals surface area (Å²) in [6, 6.07) is 13.0. The number of hydrogen-bond donors (Lipinski definition) is 3. The van der Waals surface area contributed by atoms with E-state index in [4.69, 9.17) is 26.8 Å². The third-order valence-electron chi connectivity index (χ3n) is 3.92. The molecule has 1 heterocycles. The maximum Gasteiger partial charge on any atom is 0.159 e. The maximum absolute atomic E-state index is 6.23. The zero-order valence-corrected chi connectivity index (χ0v) is 15.7. The molecular formula is C19H20ClN5O2. The van der Waals surface area contributed by atoms with E-state index in [1.165, 1.54) is 6.33 Å². The van der Waals surface area contributed by atoms with E-state index in [0.29, 0.717) is 40.3 Å². The summed E-state index contributed by atoms with van der Waals surface area (Å²) in [5.74, 6) is 2.43.